The molecule has 1 heterocycles. The molecule has 0 aliphatic carbocycles. The van der Waals surface area contributed by atoms with Gasteiger partial charge in [-0.05, 0) is 48.9 Å². The van der Waals surface area contributed by atoms with Gasteiger partial charge in [-0.1, -0.05) is 29.8 Å². The molecule has 0 radical (unpaired) electrons. The van der Waals surface area contributed by atoms with Crippen molar-refractivity contribution in [3.8, 4) is 5.75 Å². The van der Waals surface area contributed by atoms with Crippen molar-refractivity contribution in [3.63, 3.8) is 0 Å². The average Bonchev–Trinajstić information content (AvgIpc) is 2.98. The maximum atomic E-state index is 13.0. The average molecular weight is 444 g/mol. The highest BCUT2D eigenvalue weighted by molar-refractivity contribution is 7.96. The zero-order valence-electron chi connectivity index (χ0n) is 15.3. The minimum atomic E-state index is -3.81. The molecule has 2 aromatic rings. The third-order valence-corrected chi connectivity index (χ3v) is 9.25. The number of hydrogen-bond acceptors (Lipinski definition) is 6. The first-order valence-electron chi connectivity index (χ1n) is 8.78. The van der Waals surface area contributed by atoms with Crippen molar-refractivity contribution < 1.29 is 21.6 Å². The van der Waals surface area contributed by atoms with E-state index in [1.807, 2.05) is 24.3 Å². The molecule has 0 unspecified atom stereocenters. The SMILES string of the molecule is COc1ccccc1CCN[C@@H]1CS(=O)(=O)C[C@H]1S(=O)(=O)c1ccc(Cl)cc1. The first kappa shape index (κ1) is 21.1. The fraction of sp³-hybridized carbons (Fsp3) is 0.368. The monoisotopic (exact) mass is 443 g/mol. The van der Waals surface area contributed by atoms with E-state index in [-0.39, 0.29) is 16.4 Å². The number of hydrogen-bond donors (Lipinski definition) is 1. The smallest absolute Gasteiger partial charge is 0.183 e. The Morgan fingerprint density at radius 3 is 2.46 bits per heavy atom. The van der Waals surface area contributed by atoms with Crippen LogP contribution >= 0.6 is 11.6 Å². The van der Waals surface area contributed by atoms with E-state index in [1.165, 1.54) is 24.3 Å². The molecule has 1 aliphatic heterocycles. The fourth-order valence-corrected chi connectivity index (χ4v) is 8.26. The van der Waals surface area contributed by atoms with Crippen molar-refractivity contribution in [1.82, 2.24) is 5.32 Å². The van der Waals surface area contributed by atoms with Crippen LogP contribution in [0.25, 0.3) is 0 Å². The highest BCUT2D eigenvalue weighted by Crippen LogP contribution is 2.27. The summed E-state index contributed by atoms with van der Waals surface area (Å²) in [4.78, 5) is 0.0792. The molecule has 9 heteroatoms. The molecule has 2 atom stereocenters. The lowest BCUT2D eigenvalue weighted by atomic mass is 10.1. The van der Waals surface area contributed by atoms with E-state index in [1.54, 1.807) is 7.11 Å². The van der Waals surface area contributed by atoms with Crippen LogP contribution in [0.1, 0.15) is 5.56 Å². The van der Waals surface area contributed by atoms with Crippen molar-refractivity contribution >= 4 is 31.3 Å². The first-order valence-corrected chi connectivity index (χ1v) is 12.5. The van der Waals surface area contributed by atoms with Crippen molar-refractivity contribution in [3.05, 3.63) is 59.1 Å². The Bertz CT molecular complexity index is 1040. The summed E-state index contributed by atoms with van der Waals surface area (Å²) in [5, 5.41) is 2.52. The van der Waals surface area contributed by atoms with Crippen LogP contribution in [0.4, 0.5) is 0 Å². The number of nitrogens with one attached hydrogen (secondary N) is 1. The zero-order chi connectivity index (χ0) is 20.4. The van der Waals surface area contributed by atoms with Crippen LogP contribution in [-0.2, 0) is 26.1 Å². The van der Waals surface area contributed by atoms with Crippen LogP contribution < -0.4 is 10.1 Å². The van der Waals surface area contributed by atoms with Crippen molar-refractivity contribution in [2.75, 3.05) is 25.2 Å². The van der Waals surface area contributed by atoms with E-state index < -0.39 is 31.0 Å². The number of benzene rings is 2. The molecule has 1 N–H and O–H groups in total. The summed E-state index contributed by atoms with van der Waals surface area (Å²) >= 11 is 5.83. The molecule has 6 nitrogen and oxygen atoms in total. The Balaban J connectivity index is 1.76. The van der Waals surface area contributed by atoms with Crippen LogP contribution in [0.3, 0.4) is 0 Å². The second-order valence-electron chi connectivity index (χ2n) is 6.74. The number of sulfone groups is 2. The molecule has 28 heavy (non-hydrogen) atoms. The minimum absolute atomic E-state index is 0.0792. The molecule has 2 aromatic carbocycles. The summed E-state index contributed by atoms with van der Waals surface area (Å²) in [6.45, 7) is 0.438. The van der Waals surface area contributed by atoms with Crippen LogP contribution in [0, 0.1) is 0 Å². The lowest BCUT2D eigenvalue weighted by Gasteiger charge is -2.20. The lowest BCUT2D eigenvalue weighted by Crippen LogP contribution is -2.44. The van der Waals surface area contributed by atoms with E-state index in [2.05, 4.69) is 5.32 Å². The molecule has 0 amide bonds. The number of rotatable bonds is 7. The second kappa shape index (κ2) is 8.41. The summed E-state index contributed by atoms with van der Waals surface area (Å²) < 4.78 is 55.7. The van der Waals surface area contributed by atoms with E-state index in [0.29, 0.717) is 18.0 Å². The Kier molecular flexibility index (Phi) is 6.34. The normalized spacial score (nSPS) is 21.5. The summed E-state index contributed by atoms with van der Waals surface area (Å²) in [6, 6.07) is 12.7. The molecule has 0 saturated carbocycles. The number of methoxy groups -OCH3 is 1. The Morgan fingerprint density at radius 2 is 1.79 bits per heavy atom. The summed E-state index contributed by atoms with van der Waals surface area (Å²) in [7, 11) is -5.66. The van der Waals surface area contributed by atoms with Crippen LogP contribution in [0.15, 0.2) is 53.4 Å². The van der Waals surface area contributed by atoms with Crippen molar-refractivity contribution in [2.24, 2.45) is 0 Å². The third kappa shape index (κ3) is 4.68. The van der Waals surface area contributed by atoms with Crippen molar-refractivity contribution in [2.45, 2.75) is 22.6 Å². The third-order valence-electron chi connectivity index (χ3n) is 4.83. The van der Waals surface area contributed by atoms with Gasteiger partial charge >= 0.3 is 0 Å². The van der Waals surface area contributed by atoms with Gasteiger partial charge in [-0.3, -0.25) is 0 Å². The maximum Gasteiger partial charge on any atom is 0.183 e. The van der Waals surface area contributed by atoms with Gasteiger partial charge in [0.2, 0.25) is 0 Å². The van der Waals surface area contributed by atoms with E-state index in [0.717, 1.165) is 11.3 Å². The van der Waals surface area contributed by atoms with Crippen LogP contribution in [0.2, 0.25) is 5.02 Å². The predicted molar refractivity (Wildman–Crippen MR) is 110 cm³/mol. The Hall–Kier alpha value is -1.61. The highest BCUT2D eigenvalue weighted by Gasteiger charge is 2.45. The number of ether oxygens (including phenoxy) is 1. The molecule has 3 rings (SSSR count). The van der Waals surface area contributed by atoms with Gasteiger partial charge in [0.1, 0.15) is 5.75 Å². The largest absolute Gasteiger partial charge is 0.496 e. The molecular weight excluding hydrogens is 422 g/mol. The molecule has 152 valence electrons. The van der Waals surface area contributed by atoms with Crippen molar-refractivity contribution in [1.29, 1.82) is 0 Å². The molecule has 1 aliphatic rings. The highest BCUT2D eigenvalue weighted by atomic mass is 35.5. The Labute approximate surface area is 170 Å². The van der Waals surface area contributed by atoms with Gasteiger partial charge < -0.3 is 10.1 Å². The number of halogens is 1. The first-order chi connectivity index (χ1) is 13.2. The van der Waals surface area contributed by atoms with Crippen LogP contribution in [-0.4, -0.2) is 53.3 Å². The quantitative estimate of drug-likeness (QED) is 0.705. The van der Waals surface area contributed by atoms with Gasteiger partial charge in [0.25, 0.3) is 0 Å². The van der Waals surface area contributed by atoms with E-state index in [4.69, 9.17) is 16.3 Å². The topological polar surface area (TPSA) is 89.5 Å². The van der Waals surface area contributed by atoms with Gasteiger partial charge in [0.05, 0.1) is 28.8 Å². The van der Waals surface area contributed by atoms with E-state index >= 15 is 0 Å². The second-order valence-corrected chi connectivity index (χ2v) is 11.5. The molecule has 0 aromatic heterocycles. The molecular formula is C19H22ClNO5S2. The van der Waals surface area contributed by atoms with Gasteiger partial charge in [0, 0.05) is 11.1 Å². The number of para-hydroxylation sites is 1. The predicted octanol–water partition coefficient (Wildman–Crippen LogP) is 2.12. The standard InChI is InChI=1S/C19H22ClNO5S2/c1-26-18-5-3-2-4-14(18)10-11-21-17-12-27(22,23)13-19(17)28(24,25)16-8-6-15(20)7-9-16/h2-9,17,19,21H,10-13H2,1H3/t17-,19-/m1/s1. The van der Waals surface area contributed by atoms with Gasteiger partial charge in [-0.2, -0.15) is 0 Å². The molecule has 1 saturated heterocycles. The molecule has 0 spiro atoms. The molecule has 1 fully saturated rings. The maximum absolute atomic E-state index is 13.0. The Morgan fingerprint density at radius 1 is 1.11 bits per heavy atom. The van der Waals surface area contributed by atoms with Gasteiger partial charge in [-0.15, -0.1) is 0 Å². The summed E-state index contributed by atoms with van der Waals surface area (Å²) in [5.41, 5.74) is 0.968. The summed E-state index contributed by atoms with van der Waals surface area (Å²) in [5.74, 6) is 0.162. The van der Waals surface area contributed by atoms with Gasteiger partial charge in [-0.25, -0.2) is 16.8 Å². The zero-order valence-corrected chi connectivity index (χ0v) is 17.7. The summed E-state index contributed by atoms with van der Waals surface area (Å²) in [6.07, 6.45) is 0.592. The fourth-order valence-electron chi connectivity index (χ4n) is 3.41. The van der Waals surface area contributed by atoms with Crippen LogP contribution in [0.5, 0.6) is 5.75 Å². The van der Waals surface area contributed by atoms with E-state index in [9.17, 15) is 16.8 Å². The lowest BCUT2D eigenvalue weighted by molar-refractivity contribution is 0.408. The van der Waals surface area contributed by atoms with Gasteiger partial charge in [0.15, 0.2) is 19.7 Å². The minimum Gasteiger partial charge on any atom is -0.496 e. The molecule has 0 bridgehead atoms.